The van der Waals surface area contributed by atoms with Crippen molar-refractivity contribution in [2.45, 2.75) is 18.8 Å². The lowest BCUT2D eigenvalue weighted by Gasteiger charge is -2.29. The summed E-state index contributed by atoms with van der Waals surface area (Å²) in [5, 5.41) is 7.96. The summed E-state index contributed by atoms with van der Waals surface area (Å²) in [6.07, 6.45) is 4.31. The van der Waals surface area contributed by atoms with Gasteiger partial charge in [0.15, 0.2) is 0 Å². The van der Waals surface area contributed by atoms with E-state index in [1.165, 1.54) is 24.1 Å². The van der Waals surface area contributed by atoms with Crippen LogP contribution in [0.5, 0.6) is 0 Å². The summed E-state index contributed by atoms with van der Waals surface area (Å²) in [6, 6.07) is 16.8. The van der Waals surface area contributed by atoms with Crippen LogP contribution in [0.3, 0.4) is 0 Å². The second kappa shape index (κ2) is 7.04. The summed E-state index contributed by atoms with van der Waals surface area (Å²) >= 11 is 0. The molecule has 2 aromatic carbocycles. The van der Waals surface area contributed by atoms with Crippen molar-refractivity contribution in [1.82, 2.24) is 14.8 Å². The largest absolute Gasteiger partial charge is 0.378 e. The number of ether oxygens (including phenoxy) is 1. The highest BCUT2D eigenvalue weighted by Crippen LogP contribution is 2.42. The summed E-state index contributed by atoms with van der Waals surface area (Å²) in [5.74, 6) is 1.31. The second-order valence-corrected chi connectivity index (χ2v) is 7.16. The first-order chi connectivity index (χ1) is 13.3. The van der Waals surface area contributed by atoms with E-state index in [1.54, 1.807) is 11.0 Å². The lowest BCUT2D eigenvalue weighted by atomic mass is 10.1. The van der Waals surface area contributed by atoms with Crippen molar-refractivity contribution in [3.63, 3.8) is 0 Å². The van der Waals surface area contributed by atoms with E-state index in [0.717, 1.165) is 37.7 Å². The van der Waals surface area contributed by atoms with Gasteiger partial charge in [-0.2, -0.15) is 4.98 Å². The SMILES string of the molecule is c1ccc(-n2cnc(Nc3cc(C4CC4)cc(N4CCOCC4)c3)n2)cc1. The number of hydrogen-bond acceptors (Lipinski definition) is 5. The van der Waals surface area contributed by atoms with Gasteiger partial charge in [-0.05, 0) is 54.7 Å². The Labute approximate surface area is 158 Å². The summed E-state index contributed by atoms with van der Waals surface area (Å²) < 4.78 is 7.29. The highest BCUT2D eigenvalue weighted by atomic mass is 16.5. The maximum Gasteiger partial charge on any atom is 0.246 e. The van der Waals surface area contributed by atoms with Gasteiger partial charge in [0.05, 0.1) is 18.9 Å². The van der Waals surface area contributed by atoms with Crippen molar-refractivity contribution in [2.75, 3.05) is 36.5 Å². The molecular weight excluding hydrogens is 338 g/mol. The first-order valence-corrected chi connectivity index (χ1v) is 9.57. The van der Waals surface area contributed by atoms with Gasteiger partial charge in [-0.3, -0.25) is 0 Å². The average Bonchev–Trinajstić information content (AvgIpc) is 3.48. The lowest BCUT2D eigenvalue weighted by Crippen LogP contribution is -2.36. The van der Waals surface area contributed by atoms with Crippen molar-refractivity contribution in [3.8, 4) is 5.69 Å². The monoisotopic (exact) mass is 361 g/mol. The highest BCUT2D eigenvalue weighted by Gasteiger charge is 2.25. The zero-order chi connectivity index (χ0) is 18.1. The minimum Gasteiger partial charge on any atom is -0.378 e. The molecule has 1 N–H and O–H groups in total. The smallest absolute Gasteiger partial charge is 0.246 e. The van der Waals surface area contributed by atoms with Crippen molar-refractivity contribution in [2.24, 2.45) is 0 Å². The van der Waals surface area contributed by atoms with E-state index < -0.39 is 0 Å². The van der Waals surface area contributed by atoms with Crippen LogP contribution in [0.2, 0.25) is 0 Å². The van der Waals surface area contributed by atoms with E-state index in [9.17, 15) is 0 Å². The minimum atomic E-state index is 0.611. The molecule has 1 aliphatic heterocycles. The molecule has 2 heterocycles. The predicted molar refractivity (Wildman–Crippen MR) is 106 cm³/mol. The third-order valence-corrected chi connectivity index (χ3v) is 5.13. The van der Waals surface area contributed by atoms with E-state index in [2.05, 4.69) is 38.5 Å². The second-order valence-electron chi connectivity index (χ2n) is 7.16. The van der Waals surface area contributed by atoms with Gasteiger partial charge in [-0.1, -0.05) is 18.2 Å². The van der Waals surface area contributed by atoms with Gasteiger partial charge in [-0.25, -0.2) is 4.68 Å². The summed E-state index contributed by atoms with van der Waals surface area (Å²) in [5.41, 5.74) is 4.71. The number of nitrogens with one attached hydrogen (secondary N) is 1. The molecule has 6 nitrogen and oxygen atoms in total. The molecule has 1 saturated heterocycles. The standard InChI is InChI=1S/C21H23N5O/c1-2-4-19(5-3-1)26-15-22-21(24-26)23-18-12-17(16-6-7-16)13-20(14-18)25-8-10-27-11-9-25/h1-5,12-16H,6-11H2,(H,23,24). The zero-order valence-corrected chi connectivity index (χ0v) is 15.2. The Kier molecular flexibility index (Phi) is 4.26. The van der Waals surface area contributed by atoms with Crippen LogP contribution in [-0.4, -0.2) is 41.1 Å². The van der Waals surface area contributed by atoms with Crippen LogP contribution in [0.25, 0.3) is 5.69 Å². The van der Waals surface area contributed by atoms with E-state index in [0.29, 0.717) is 11.9 Å². The third-order valence-electron chi connectivity index (χ3n) is 5.13. The molecule has 1 aromatic heterocycles. The molecule has 3 aromatic rings. The molecule has 2 fully saturated rings. The molecule has 2 aliphatic rings. The molecular formula is C21H23N5O. The zero-order valence-electron chi connectivity index (χ0n) is 15.2. The number of anilines is 3. The molecule has 0 atom stereocenters. The van der Waals surface area contributed by atoms with E-state index in [1.807, 2.05) is 30.3 Å². The van der Waals surface area contributed by atoms with Crippen LogP contribution in [-0.2, 0) is 4.74 Å². The fraction of sp³-hybridized carbons (Fsp3) is 0.333. The summed E-state index contributed by atoms with van der Waals surface area (Å²) in [7, 11) is 0. The van der Waals surface area contributed by atoms with Crippen LogP contribution >= 0.6 is 0 Å². The van der Waals surface area contributed by atoms with E-state index in [-0.39, 0.29) is 0 Å². The molecule has 0 bridgehead atoms. The van der Waals surface area contributed by atoms with Crippen LogP contribution in [0.15, 0.2) is 54.9 Å². The van der Waals surface area contributed by atoms with Gasteiger partial charge in [0, 0.05) is 24.5 Å². The number of benzene rings is 2. The van der Waals surface area contributed by atoms with Crippen molar-refractivity contribution in [3.05, 3.63) is 60.4 Å². The van der Waals surface area contributed by atoms with Gasteiger partial charge in [-0.15, -0.1) is 5.10 Å². The Morgan fingerprint density at radius 1 is 0.963 bits per heavy atom. The Morgan fingerprint density at radius 3 is 2.56 bits per heavy atom. The maximum absolute atomic E-state index is 5.50. The summed E-state index contributed by atoms with van der Waals surface area (Å²) in [4.78, 5) is 6.83. The number of aromatic nitrogens is 3. The molecule has 0 amide bonds. The molecule has 6 heteroatoms. The Morgan fingerprint density at radius 2 is 1.78 bits per heavy atom. The first kappa shape index (κ1) is 16.3. The van der Waals surface area contributed by atoms with E-state index >= 15 is 0 Å². The number of rotatable bonds is 5. The summed E-state index contributed by atoms with van der Waals surface area (Å²) in [6.45, 7) is 3.46. The van der Waals surface area contributed by atoms with Crippen LogP contribution in [0.1, 0.15) is 24.3 Å². The van der Waals surface area contributed by atoms with Crippen molar-refractivity contribution < 1.29 is 4.74 Å². The fourth-order valence-electron chi connectivity index (χ4n) is 3.52. The number of nitrogens with zero attached hydrogens (tertiary/aromatic N) is 4. The molecule has 1 aliphatic carbocycles. The number of morpholine rings is 1. The van der Waals surface area contributed by atoms with Crippen molar-refractivity contribution >= 4 is 17.3 Å². The molecule has 0 spiro atoms. The maximum atomic E-state index is 5.50. The van der Waals surface area contributed by atoms with Gasteiger partial charge in [0.1, 0.15) is 6.33 Å². The minimum absolute atomic E-state index is 0.611. The predicted octanol–water partition coefficient (Wildman–Crippen LogP) is 3.72. The van der Waals surface area contributed by atoms with E-state index in [4.69, 9.17) is 4.74 Å². The van der Waals surface area contributed by atoms with Crippen molar-refractivity contribution in [1.29, 1.82) is 0 Å². The molecule has 0 radical (unpaired) electrons. The molecule has 27 heavy (non-hydrogen) atoms. The Hall–Kier alpha value is -2.86. The van der Waals surface area contributed by atoms with Crippen LogP contribution < -0.4 is 10.2 Å². The topological polar surface area (TPSA) is 55.2 Å². The number of para-hydroxylation sites is 1. The highest BCUT2D eigenvalue weighted by molar-refractivity contribution is 5.65. The molecule has 0 unspecified atom stereocenters. The van der Waals surface area contributed by atoms with Gasteiger partial charge < -0.3 is 15.0 Å². The van der Waals surface area contributed by atoms with Crippen LogP contribution in [0, 0.1) is 0 Å². The Balaban J connectivity index is 1.41. The first-order valence-electron chi connectivity index (χ1n) is 9.57. The number of hydrogen-bond donors (Lipinski definition) is 1. The Bertz CT molecular complexity index is 913. The normalized spacial score (nSPS) is 17.1. The molecule has 1 saturated carbocycles. The quantitative estimate of drug-likeness (QED) is 0.750. The average molecular weight is 361 g/mol. The van der Waals surface area contributed by atoms with Crippen LogP contribution in [0.4, 0.5) is 17.3 Å². The van der Waals surface area contributed by atoms with Gasteiger partial charge in [0.2, 0.25) is 5.95 Å². The lowest BCUT2D eigenvalue weighted by molar-refractivity contribution is 0.122. The third kappa shape index (κ3) is 3.66. The van der Waals surface area contributed by atoms with Gasteiger partial charge >= 0.3 is 0 Å². The molecule has 138 valence electrons. The molecule has 5 rings (SSSR count). The fourth-order valence-corrected chi connectivity index (χ4v) is 3.52. The van der Waals surface area contributed by atoms with Gasteiger partial charge in [0.25, 0.3) is 0 Å².